The molecule has 5 nitrogen and oxygen atoms in total. The van der Waals surface area contributed by atoms with Crippen molar-refractivity contribution in [1.29, 1.82) is 0 Å². The van der Waals surface area contributed by atoms with E-state index in [2.05, 4.69) is 11.0 Å². The van der Waals surface area contributed by atoms with Crippen LogP contribution in [0.1, 0.15) is 64.7 Å². The molecule has 46 heavy (non-hydrogen) atoms. The highest BCUT2D eigenvalue weighted by molar-refractivity contribution is 6.30. The van der Waals surface area contributed by atoms with Crippen LogP contribution in [0.5, 0.6) is 0 Å². The highest BCUT2D eigenvalue weighted by Crippen LogP contribution is 2.47. The van der Waals surface area contributed by atoms with Gasteiger partial charge in [0.1, 0.15) is 0 Å². The van der Waals surface area contributed by atoms with Crippen LogP contribution in [0, 0.1) is 0 Å². The molecule has 0 aromatic heterocycles. The van der Waals surface area contributed by atoms with Crippen LogP contribution in [-0.4, -0.2) is 61.4 Å². The summed E-state index contributed by atoms with van der Waals surface area (Å²) in [5.74, 6) is -1.20. The highest BCUT2D eigenvalue weighted by atomic mass is 35.5. The van der Waals surface area contributed by atoms with Gasteiger partial charge in [0.2, 0.25) is 5.91 Å². The second-order valence-electron chi connectivity index (χ2n) is 12.3. The van der Waals surface area contributed by atoms with Crippen molar-refractivity contribution in [2.75, 3.05) is 44.7 Å². The van der Waals surface area contributed by atoms with E-state index >= 15 is 0 Å². The Morgan fingerprint density at radius 2 is 1.50 bits per heavy atom. The fraction of sp³-hybridized carbons (Fsp3) is 0.412. The third-order valence-electron chi connectivity index (χ3n) is 9.23. The molecule has 0 N–H and O–H groups in total. The van der Waals surface area contributed by atoms with Crippen molar-refractivity contribution >= 4 is 29.1 Å². The number of carbonyl (C=O) groups excluding carboxylic acids is 2. The summed E-state index contributed by atoms with van der Waals surface area (Å²) in [5.41, 5.74) is -0.882. The molecule has 2 aliphatic heterocycles. The lowest BCUT2D eigenvalue weighted by atomic mass is 9.74. The second-order valence-corrected chi connectivity index (χ2v) is 12.7. The standard InChI is InChI=1S/C34H34ClF6N3O2/c1-22(45)44-21-32(29-5-3-4-6-30(29)44)12-15-43(16-13-32)14-11-24(23-7-9-28(35)10-8-23)20-42(2)31(46)25-17-26(33(36,37)38)19-27(18-25)34(39,40)41/h3-10,17-19,24H,11-16,20-21H2,1-2H3/t24-/m1/s1. The predicted molar refractivity (Wildman–Crippen MR) is 164 cm³/mol. The first-order valence-electron chi connectivity index (χ1n) is 15.0. The summed E-state index contributed by atoms with van der Waals surface area (Å²) in [6, 6.07) is 16.0. The topological polar surface area (TPSA) is 43.9 Å². The molecule has 1 fully saturated rings. The van der Waals surface area contributed by atoms with Crippen molar-refractivity contribution in [2.45, 2.75) is 49.9 Å². The maximum atomic E-state index is 13.4. The van der Waals surface area contributed by atoms with Crippen LogP contribution in [0.25, 0.3) is 0 Å². The predicted octanol–water partition coefficient (Wildman–Crippen LogP) is 8.02. The number of fused-ring (bicyclic) bond motifs is 2. The Kier molecular flexibility index (Phi) is 9.48. The summed E-state index contributed by atoms with van der Waals surface area (Å²) in [6.45, 7) is 4.51. The molecule has 12 heteroatoms. The number of hydrogen-bond donors (Lipinski definition) is 0. The molecule has 0 unspecified atom stereocenters. The molecular weight excluding hydrogens is 632 g/mol. The van der Waals surface area contributed by atoms with Crippen molar-refractivity contribution in [3.8, 4) is 0 Å². The van der Waals surface area contributed by atoms with E-state index in [1.165, 1.54) is 17.5 Å². The van der Waals surface area contributed by atoms with E-state index in [0.29, 0.717) is 36.7 Å². The van der Waals surface area contributed by atoms with Gasteiger partial charge >= 0.3 is 12.4 Å². The van der Waals surface area contributed by atoms with Gasteiger partial charge in [-0.1, -0.05) is 41.9 Å². The Bertz CT molecular complexity index is 1550. The van der Waals surface area contributed by atoms with E-state index in [-0.39, 0.29) is 29.9 Å². The van der Waals surface area contributed by atoms with Crippen LogP contribution in [0.4, 0.5) is 32.0 Å². The minimum atomic E-state index is -5.06. The van der Waals surface area contributed by atoms with Gasteiger partial charge in [-0.2, -0.15) is 26.3 Å². The number of amides is 2. The summed E-state index contributed by atoms with van der Waals surface area (Å²) in [4.78, 5) is 31.0. The minimum Gasteiger partial charge on any atom is -0.341 e. The van der Waals surface area contributed by atoms with Crippen molar-refractivity contribution in [2.24, 2.45) is 0 Å². The first-order chi connectivity index (χ1) is 21.6. The van der Waals surface area contributed by atoms with Gasteiger partial charge in [-0.05, 0) is 86.4 Å². The SMILES string of the molecule is CC(=O)N1CC2(CCN(CC[C@H](CN(C)C(=O)c3cc(C(F)(F)F)cc(C(F)(F)F)c3)c3ccc(Cl)cc3)CC2)c2ccccc21. The summed E-state index contributed by atoms with van der Waals surface area (Å²) < 4.78 is 80.6. The molecule has 246 valence electrons. The Hall–Kier alpha value is -3.57. The summed E-state index contributed by atoms with van der Waals surface area (Å²) in [6.07, 6.45) is -7.82. The third kappa shape index (κ3) is 7.20. The van der Waals surface area contributed by atoms with Gasteiger partial charge in [-0.15, -0.1) is 0 Å². The number of nitrogens with zero attached hydrogens (tertiary/aromatic N) is 3. The molecule has 3 aromatic carbocycles. The van der Waals surface area contributed by atoms with Crippen molar-refractivity contribution in [1.82, 2.24) is 9.80 Å². The van der Waals surface area contributed by atoms with Crippen LogP contribution in [0.2, 0.25) is 5.02 Å². The van der Waals surface area contributed by atoms with Crippen LogP contribution in [0.3, 0.4) is 0 Å². The number of likely N-dealkylation sites (N-methyl/N-ethyl adjacent to an activating group) is 1. The van der Waals surface area contributed by atoms with Gasteiger partial charge in [0, 0.05) is 54.7 Å². The van der Waals surface area contributed by atoms with Crippen LogP contribution >= 0.6 is 11.6 Å². The Morgan fingerprint density at radius 3 is 2.07 bits per heavy atom. The Morgan fingerprint density at radius 1 is 0.913 bits per heavy atom. The van der Waals surface area contributed by atoms with E-state index in [1.54, 1.807) is 19.1 Å². The second kappa shape index (κ2) is 12.9. The maximum Gasteiger partial charge on any atom is 0.416 e. The number of rotatable bonds is 7. The molecule has 1 atom stereocenters. The molecule has 1 saturated heterocycles. The van der Waals surface area contributed by atoms with Crippen LogP contribution in [0.15, 0.2) is 66.7 Å². The number of hydrogen-bond acceptors (Lipinski definition) is 3. The summed E-state index contributed by atoms with van der Waals surface area (Å²) >= 11 is 6.10. The largest absolute Gasteiger partial charge is 0.416 e. The number of para-hydroxylation sites is 1. The first-order valence-corrected chi connectivity index (χ1v) is 15.4. The fourth-order valence-corrected chi connectivity index (χ4v) is 6.82. The van der Waals surface area contributed by atoms with E-state index in [0.717, 1.165) is 37.2 Å². The average molecular weight is 666 g/mol. The monoisotopic (exact) mass is 665 g/mol. The number of halogens is 7. The zero-order valence-electron chi connectivity index (χ0n) is 25.4. The molecule has 3 aromatic rings. The van der Waals surface area contributed by atoms with Crippen molar-refractivity contribution in [3.63, 3.8) is 0 Å². The normalized spacial score (nSPS) is 17.2. The molecule has 1 spiro atoms. The number of benzene rings is 3. The fourth-order valence-electron chi connectivity index (χ4n) is 6.69. The van der Waals surface area contributed by atoms with E-state index < -0.39 is 35.0 Å². The lowest BCUT2D eigenvalue weighted by molar-refractivity contribution is -0.143. The lowest BCUT2D eigenvalue weighted by Gasteiger charge is -2.40. The highest BCUT2D eigenvalue weighted by Gasteiger charge is 2.45. The molecule has 2 heterocycles. The Labute approximate surface area is 268 Å². The minimum absolute atomic E-state index is 0.0102. The molecule has 0 saturated carbocycles. The van der Waals surface area contributed by atoms with Gasteiger partial charge in [0.15, 0.2) is 0 Å². The number of piperidine rings is 1. The van der Waals surface area contributed by atoms with Gasteiger partial charge in [0.25, 0.3) is 5.91 Å². The zero-order chi connectivity index (χ0) is 33.4. The molecule has 0 aliphatic carbocycles. The van der Waals surface area contributed by atoms with Crippen molar-refractivity contribution in [3.05, 3.63) is 99.6 Å². The average Bonchev–Trinajstić information content (AvgIpc) is 3.33. The maximum absolute atomic E-state index is 13.4. The van der Waals surface area contributed by atoms with Gasteiger partial charge in [-0.3, -0.25) is 9.59 Å². The van der Waals surface area contributed by atoms with Crippen LogP contribution in [-0.2, 0) is 22.6 Å². The Balaban J connectivity index is 1.30. The smallest absolute Gasteiger partial charge is 0.341 e. The van der Waals surface area contributed by atoms with Gasteiger partial charge < -0.3 is 14.7 Å². The van der Waals surface area contributed by atoms with E-state index in [1.807, 2.05) is 35.2 Å². The number of likely N-dealkylation sites (tertiary alicyclic amines) is 1. The summed E-state index contributed by atoms with van der Waals surface area (Å²) in [7, 11) is 1.38. The van der Waals surface area contributed by atoms with Gasteiger partial charge in [-0.25, -0.2) is 0 Å². The molecule has 0 bridgehead atoms. The molecule has 0 radical (unpaired) electrons. The lowest BCUT2D eigenvalue weighted by Crippen LogP contribution is -2.46. The summed E-state index contributed by atoms with van der Waals surface area (Å²) in [5, 5.41) is 0.508. The van der Waals surface area contributed by atoms with E-state index in [9.17, 15) is 35.9 Å². The number of alkyl halides is 6. The van der Waals surface area contributed by atoms with E-state index in [4.69, 9.17) is 11.6 Å². The molecule has 5 rings (SSSR count). The van der Waals surface area contributed by atoms with Crippen molar-refractivity contribution < 1.29 is 35.9 Å². The third-order valence-corrected chi connectivity index (χ3v) is 9.48. The molecular formula is C34H34ClF6N3O2. The quantitative estimate of drug-likeness (QED) is 0.240. The zero-order valence-corrected chi connectivity index (χ0v) is 26.1. The number of carbonyl (C=O) groups is 2. The van der Waals surface area contributed by atoms with Gasteiger partial charge in [0.05, 0.1) is 11.1 Å². The van der Waals surface area contributed by atoms with Crippen LogP contribution < -0.4 is 4.90 Å². The molecule has 2 aliphatic rings. The number of anilines is 1. The molecule has 2 amide bonds. The first kappa shape index (κ1) is 33.8.